The van der Waals surface area contributed by atoms with Crippen LogP contribution in [0.25, 0.3) is 5.65 Å². The summed E-state index contributed by atoms with van der Waals surface area (Å²) in [6, 6.07) is 11.3. The van der Waals surface area contributed by atoms with E-state index >= 15 is 0 Å². The molecular formula is C18H18ClIN4O2. The number of aromatic nitrogens is 3. The quantitative estimate of drug-likeness (QED) is 0.391. The molecule has 1 amide bonds. The SMILES string of the molecule is CC(C)(C)OC(=O)N(Cc1ccccc1)c1cc(Cl)nc2c(I)cnn12. The van der Waals surface area contributed by atoms with Gasteiger partial charge in [-0.2, -0.15) is 9.61 Å². The Kier molecular flexibility index (Phi) is 5.38. The number of anilines is 1. The van der Waals surface area contributed by atoms with Gasteiger partial charge in [-0.05, 0) is 48.9 Å². The van der Waals surface area contributed by atoms with Gasteiger partial charge in [0.1, 0.15) is 16.6 Å². The highest BCUT2D eigenvalue weighted by Crippen LogP contribution is 2.26. The number of fused-ring (bicyclic) bond motifs is 1. The first-order valence-corrected chi connectivity index (χ1v) is 9.44. The van der Waals surface area contributed by atoms with E-state index in [2.05, 4.69) is 32.7 Å². The second-order valence-electron chi connectivity index (χ2n) is 6.72. The van der Waals surface area contributed by atoms with E-state index in [1.165, 1.54) is 4.90 Å². The van der Waals surface area contributed by atoms with Gasteiger partial charge in [0.05, 0.1) is 16.3 Å². The molecule has 26 heavy (non-hydrogen) atoms. The Balaban J connectivity index is 2.10. The van der Waals surface area contributed by atoms with E-state index in [-0.39, 0.29) is 5.15 Å². The summed E-state index contributed by atoms with van der Waals surface area (Å²) >= 11 is 8.34. The second-order valence-corrected chi connectivity index (χ2v) is 8.27. The number of benzene rings is 1. The van der Waals surface area contributed by atoms with Gasteiger partial charge in [0.15, 0.2) is 5.65 Å². The summed E-state index contributed by atoms with van der Waals surface area (Å²) < 4.78 is 8.04. The van der Waals surface area contributed by atoms with Crippen LogP contribution in [0.1, 0.15) is 26.3 Å². The summed E-state index contributed by atoms with van der Waals surface area (Å²) in [5.41, 5.74) is 0.927. The Labute approximate surface area is 170 Å². The van der Waals surface area contributed by atoms with Crippen molar-refractivity contribution in [2.24, 2.45) is 0 Å². The standard InChI is InChI=1S/C18H18ClIN4O2/c1-18(2,3)26-17(25)23(11-12-7-5-4-6-8-12)15-9-14(19)22-16-13(20)10-21-24(15)16/h4-10H,11H2,1-3H3. The molecule has 3 aromatic rings. The van der Waals surface area contributed by atoms with E-state index in [1.54, 1.807) is 16.8 Å². The normalized spacial score (nSPS) is 11.6. The van der Waals surface area contributed by atoms with E-state index in [1.807, 2.05) is 51.1 Å². The van der Waals surface area contributed by atoms with Crippen LogP contribution in [0.2, 0.25) is 5.15 Å². The molecule has 2 heterocycles. The molecule has 0 spiro atoms. The molecule has 0 fully saturated rings. The molecule has 0 saturated heterocycles. The molecule has 0 aliphatic heterocycles. The van der Waals surface area contributed by atoms with Crippen molar-refractivity contribution in [2.75, 3.05) is 4.90 Å². The first-order chi connectivity index (χ1) is 12.2. The molecule has 0 saturated carbocycles. The molecule has 0 bridgehead atoms. The summed E-state index contributed by atoms with van der Waals surface area (Å²) in [6.45, 7) is 5.81. The summed E-state index contributed by atoms with van der Waals surface area (Å²) in [5, 5.41) is 4.62. The van der Waals surface area contributed by atoms with Crippen LogP contribution in [0.3, 0.4) is 0 Å². The molecule has 0 unspecified atom stereocenters. The average molecular weight is 485 g/mol. The molecule has 8 heteroatoms. The van der Waals surface area contributed by atoms with Crippen LogP contribution in [0.5, 0.6) is 0 Å². The molecule has 2 aromatic heterocycles. The van der Waals surface area contributed by atoms with E-state index in [0.717, 1.165) is 9.13 Å². The van der Waals surface area contributed by atoms with Crippen LogP contribution in [0, 0.1) is 3.57 Å². The van der Waals surface area contributed by atoms with Gasteiger partial charge in [-0.25, -0.2) is 9.78 Å². The van der Waals surface area contributed by atoms with Crippen molar-refractivity contribution in [2.45, 2.75) is 32.9 Å². The number of hydrogen-bond donors (Lipinski definition) is 0. The zero-order valence-corrected chi connectivity index (χ0v) is 17.5. The Morgan fingerprint density at radius 2 is 2.00 bits per heavy atom. The monoisotopic (exact) mass is 484 g/mol. The maximum Gasteiger partial charge on any atom is 0.416 e. The van der Waals surface area contributed by atoms with Gasteiger partial charge in [-0.15, -0.1) is 0 Å². The predicted octanol–water partition coefficient (Wildman–Crippen LogP) is 4.93. The highest BCUT2D eigenvalue weighted by molar-refractivity contribution is 14.1. The molecule has 0 aliphatic rings. The number of nitrogens with zero attached hydrogens (tertiary/aromatic N) is 4. The molecule has 0 aliphatic carbocycles. The molecule has 1 aromatic carbocycles. The van der Waals surface area contributed by atoms with E-state index < -0.39 is 11.7 Å². The van der Waals surface area contributed by atoms with E-state index in [4.69, 9.17) is 16.3 Å². The first kappa shape index (κ1) is 18.9. The van der Waals surface area contributed by atoms with Gasteiger partial charge in [0.2, 0.25) is 0 Å². The molecule has 6 nitrogen and oxygen atoms in total. The number of carbonyl (C=O) groups is 1. The Hall–Kier alpha value is -1.87. The van der Waals surface area contributed by atoms with Crippen molar-refractivity contribution in [1.82, 2.24) is 14.6 Å². The highest BCUT2D eigenvalue weighted by atomic mass is 127. The van der Waals surface area contributed by atoms with Crippen molar-refractivity contribution in [3.63, 3.8) is 0 Å². The summed E-state index contributed by atoms with van der Waals surface area (Å²) in [6.07, 6.45) is 1.20. The van der Waals surface area contributed by atoms with E-state index in [0.29, 0.717) is 18.0 Å². The van der Waals surface area contributed by atoms with Gasteiger partial charge in [-0.1, -0.05) is 41.9 Å². The summed E-state index contributed by atoms with van der Waals surface area (Å²) in [5.74, 6) is 0.501. The Bertz CT molecular complexity index is 938. The fourth-order valence-corrected chi connectivity index (χ4v) is 3.06. The first-order valence-electron chi connectivity index (χ1n) is 7.99. The highest BCUT2D eigenvalue weighted by Gasteiger charge is 2.26. The average Bonchev–Trinajstić information content (AvgIpc) is 2.92. The van der Waals surface area contributed by atoms with Crippen molar-refractivity contribution in [3.8, 4) is 0 Å². The molecule has 0 N–H and O–H groups in total. The molecule has 136 valence electrons. The van der Waals surface area contributed by atoms with E-state index in [9.17, 15) is 4.79 Å². The zero-order valence-electron chi connectivity index (χ0n) is 14.6. The van der Waals surface area contributed by atoms with Crippen LogP contribution < -0.4 is 4.90 Å². The molecular weight excluding hydrogens is 467 g/mol. The minimum Gasteiger partial charge on any atom is -0.443 e. The number of halogens is 2. The van der Waals surface area contributed by atoms with Gasteiger partial charge in [-0.3, -0.25) is 4.90 Å². The lowest BCUT2D eigenvalue weighted by Gasteiger charge is -2.27. The lowest BCUT2D eigenvalue weighted by atomic mass is 10.2. The maximum absolute atomic E-state index is 12.9. The van der Waals surface area contributed by atoms with Gasteiger partial charge in [0.25, 0.3) is 0 Å². The number of carbonyl (C=O) groups excluding carboxylic acids is 1. The van der Waals surface area contributed by atoms with Crippen LogP contribution >= 0.6 is 34.2 Å². The van der Waals surface area contributed by atoms with Crippen molar-refractivity contribution < 1.29 is 9.53 Å². The third kappa shape index (κ3) is 4.27. The Morgan fingerprint density at radius 1 is 1.31 bits per heavy atom. The Morgan fingerprint density at radius 3 is 2.65 bits per heavy atom. The van der Waals surface area contributed by atoms with Crippen LogP contribution in [-0.4, -0.2) is 26.3 Å². The molecule has 0 atom stereocenters. The lowest BCUT2D eigenvalue weighted by Crippen LogP contribution is -2.37. The molecule has 3 rings (SSSR count). The predicted molar refractivity (Wildman–Crippen MR) is 110 cm³/mol. The van der Waals surface area contributed by atoms with Gasteiger partial charge >= 0.3 is 6.09 Å². The number of ether oxygens (including phenoxy) is 1. The summed E-state index contributed by atoms with van der Waals surface area (Å²) in [7, 11) is 0. The third-order valence-electron chi connectivity index (χ3n) is 3.45. The minimum absolute atomic E-state index is 0.285. The third-order valence-corrected chi connectivity index (χ3v) is 4.41. The van der Waals surface area contributed by atoms with Crippen molar-refractivity contribution in [3.05, 3.63) is 56.9 Å². The number of rotatable bonds is 3. The maximum atomic E-state index is 12.9. The zero-order chi connectivity index (χ0) is 18.9. The topological polar surface area (TPSA) is 59.7 Å². The molecule has 0 radical (unpaired) electrons. The number of amides is 1. The van der Waals surface area contributed by atoms with Crippen molar-refractivity contribution in [1.29, 1.82) is 0 Å². The van der Waals surface area contributed by atoms with Gasteiger partial charge in [0, 0.05) is 6.07 Å². The van der Waals surface area contributed by atoms with Crippen molar-refractivity contribution >= 4 is 51.8 Å². The second kappa shape index (κ2) is 7.40. The fourth-order valence-electron chi connectivity index (χ4n) is 2.41. The van der Waals surface area contributed by atoms with Crippen LogP contribution in [-0.2, 0) is 11.3 Å². The largest absolute Gasteiger partial charge is 0.443 e. The smallest absolute Gasteiger partial charge is 0.416 e. The van der Waals surface area contributed by atoms with Crippen LogP contribution in [0.4, 0.5) is 10.6 Å². The van der Waals surface area contributed by atoms with Crippen LogP contribution in [0.15, 0.2) is 42.6 Å². The lowest BCUT2D eigenvalue weighted by molar-refractivity contribution is 0.0575. The number of hydrogen-bond acceptors (Lipinski definition) is 4. The summed E-state index contributed by atoms with van der Waals surface area (Å²) in [4.78, 5) is 18.7. The minimum atomic E-state index is -0.625. The van der Waals surface area contributed by atoms with Gasteiger partial charge < -0.3 is 4.74 Å². The fraction of sp³-hybridized carbons (Fsp3) is 0.278.